The molecule has 0 spiro atoms. The van der Waals surface area contributed by atoms with Gasteiger partial charge in [-0.2, -0.15) is 16.7 Å². The number of nitrogens with two attached hydrogens (primary N) is 4. The molecule has 10 heteroatoms. The third kappa shape index (κ3) is 4.58. The van der Waals surface area contributed by atoms with Gasteiger partial charge in [0.1, 0.15) is 11.5 Å². The minimum absolute atomic E-state index is 0.689. The molecule has 36 heavy (non-hydrogen) atoms. The average Bonchev–Trinajstić information content (AvgIpc) is 2.88. The van der Waals surface area contributed by atoms with Gasteiger partial charge < -0.3 is 9.05 Å². The van der Waals surface area contributed by atoms with Gasteiger partial charge in [-0.1, -0.05) is 73.6 Å². The Morgan fingerprint density at radius 2 is 1.00 bits per heavy atom. The van der Waals surface area contributed by atoms with Crippen molar-refractivity contribution >= 4 is 40.6 Å². The van der Waals surface area contributed by atoms with E-state index in [-0.39, 0.29) is 0 Å². The quantitative estimate of drug-likeness (QED) is 0.218. The third-order valence-electron chi connectivity index (χ3n) is 9.85. The molecule has 8 N–H and O–H groups in total. The van der Waals surface area contributed by atoms with Crippen molar-refractivity contribution in [2.45, 2.75) is 55.4 Å². The summed E-state index contributed by atoms with van der Waals surface area (Å²) in [6.07, 6.45) is 0. The van der Waals surface area contributed by atoms with E-state index in [1.54, 1.807) is 0 Å². The van der Waals surface area contributed by atoms with Gasteiger partial charge in [0.2, 0.25) is 0 Å². The zero-order chi connectivity index (χ0) is 27.5. The first kappa shape index (κ1) is 31.9. The Kier molecular flexibility index (Phi) is 9.80. The van der Waals surface area contributed by atoms with Gasteiger partial charge in [0.15, 0.2) is 13.1 Å². The Morgan fingerprint density at radius 3 is 1.42 bits per heavy atom. The Hall–Kier alpha value is -0.300. The molecule has 0 aliphatic heterocycles. The van der Waals surface area contributed by atoms with Gasteiger partial charge in [0.25, 0.3) is 0 Å². The fourth-order valence-electron chi connectivity index (χ4n) is 5.95. The summed E-state index contributed by atoms with van der Waals surface area (Å²) in [5, 5.41) is 1.98. The molecule has 0 unspecified atom stereocenters. The largest absolute Gasteiger partial charge is 0.447 e. The lowest BCUT2D eigenvalue weighted by atomic mass is 10.1. The molecular formula is C26H54N4O2P2S2. The maximum absolute atomic E-state index is 7.04. The number of fused-ring (bicyclic) bond motifs is 1. The standard InChI is InChI=1S/C26H54N4O2P2S2/c1-9-35(10-2,11-3,12-4)33(27,28)31-24-21-20-23-18-17-19-26(25(23)22-24)32-34(29,30)36(13-5,14-6,15-7)16-8/h17-22H,9-16,27-30H2,1-8H3. The lowest BCUT2D eigenvalue weighted by molar-refractivity contribution is 0.607. The normalized spacial score (nSPS) is 15.7. The van der Waals surface area contributed by atoms with E-state index in [2.05, 4.69) is 61.5 Å². The minimum atomic E-state index is -2.72. The van der Waals surface area contributed by atoms with E-state index in [0.29, 0.717) is 11.5 Å². The van der Waals surface area contributed by atoms with Crippen LogP contribution in [-0.2, 0) is 16.7 Å². The molecule has 0 aliphatic carbocycles. The van der Waals surface area contributed by atoms with Gasteiger partial charge in [0.05, 0.1) is 0 Å². The molecule has 2 rings (SSSR count). The van der Waals surface area contributed by atoms with E-state index >= 15 is 0 Å². The highest BCUT2D eigenvalue weighted by Crippen LogP contribution is 2.56. The van der Waals surface area contributed by atoms with Gasteiger partial charge in [-0.3, -0.25) is 22.0 Å². The van der Waals surface area contributed by atoms with E-state index in [1.807, 2.05) is 30.3 Å². The molecular weight excluding hydrogens is 526 g/mol. The molecule has 212 valence electrons. The number of benzene rings is 2. The zero-order valence-corrected chi connectivity index (χ0v) is 27.4. The van der Waals surface area contributed by atoms with Crippen LogP contribution in [0.4, 0.5) is 0 Å². The summed E-state index contributed by atoms with van der Waals surface area (Å²) in [6, 6.07) is 12.1. The summed E-state index contributed by atoms with van der Waals surface area (Å²) in [5.41, 5.74) is 28.0. The SMILES string of the molecule is CCS(CC)(CC)(CC)=P(N)(N)Oc1ccc2cccc(OP(N)(N)=S(CC)(CC)(CC)CC)c2c1. The highest BCUT2D eigenvalue weighted by Gasteiger charge is 2.39. The van der Waals surface area contributed by atoms with Crippen LogP contribution in [0.15, 0.2) is 36.4 Å². The summed E-state index contributed by atoms with van der Waals surface area (Å²) in [4.78, 5) is 0. The summed E-state index contributed by atoms with van der Waals surface area (Å²) >= 11 is 0. The highest BCUT2D eigenvalue weighted by molar-refractivity contribution is 8.53. The second-order valence-electron chi connectivity index (χ2n) is 9.90. The molecule has 0 saturated carbocycles. The van der Waals surface area contributed by atoms with Crippen molar-refractivity contribution in [1.29, 1.82) is 0 Å². The van der Waals surface area contributed by atoms with Gasteiger partial charge in [0, 0.05) is 5.39 Å². The lowest BCUT2D eigenvalue weighted by Crippen LogP contribution is -2.48. The average molecular weight is 581 g/mol. The first-order valence-corrected chi connectivity index (χ1v) is 23.7. The molecule has 0 fully saturated rings. The number of hydrogen-bond acceptors (Lipinski definition) is 2. The first-order chi connectivity index (χ1) is 16.8. The monoisotopic (exact) mass is 580 g/mol. The van der Waals surface area contributed by atoms with Crippen molar-refractivity contribution in [3.8, 4) is 11.5 Å². The topological polar surface area (TPSA) is 123 Å². The highest BCUT2D eigenvalue weighted by atomic mass is 32.6. The van der Waals surface area contributed by atoms with Crippen molar-refractivity contribution in [3.63, 3.8) is 0 Å². The maximum atomic E-state index is 7.04. The number of hydrogen-bond donors (Lipinski definition) is 4. The van der Waals surface area contributed by atoms with E-state index < -0.39 is 29.8 Å². The number of rotatable bonds is 12. The summed E-state index contributed by atoms with van der Waals surface area (Å²) in [5.74, 6) is 9.21. The molecule has 2 aromatic rings. The van der Waals surface area contributed by atoms with E-state index in [0.717, 1.165) is 56.8 Å². The van der Waals surface area contributed by atoms with Crippen LogP contribution in [0.1, 0.15) is 55.4 Å². The summed E-state index contributed by atoms with van der Waals surface area (Å²) in [6.45, 7) is 12.4. The molecule has 0 radical (unpaired) electrons. The fraction of sp³-hybridized carbons (Fsp3) is 0.615. The minimum Gasteiger partial charge on any atom is -0.447 e. The van der Waals surface area contributed by atoms with Crippen molar-refractivity contribution in [2.24, 2.45) is 22.0 Å². The van der Waals surface area contributed by atoms with Crippen LogP contribution in [0.3, 0.4) is 0 Å². The molecule has 0 saturated heterocycles. The van der Waals surface area contributed by atoms with Gasteiger partial charge in [-0.05, 0) is 69.6 Å². The van der Waals surface area contributed by atoms with Crippen molar-refractivity contribution < 1.29 is 9.05 Å². The third-order valence-corrected chi connectivity index (χ3v) is 42.2. The van der Waals surface area contributed by atoms with Crippen molar-refractivity contribution in [3.05, 3.63) is 36.4 Å². The fourth-order valence-corrected chi connectivity index (χ4v) is 26.9. The van der Waals surface area contributed by atoms with Crippen molar-refractivity contribution in [2.75, 3.05) is 46.0 Å². The lowest BCUT2D eigenvalue weighted by Gasteiger charge is -2.52. The molecule has 0 atom stereocenters. The van der Waals surface area contributed by atoms with Crippen LogP contribution < -0.4 is 31.1 Å². The van der Waals surface area contributed by atoms with Gasteiger partial charge in [-0.15, -0.1) is 0 Å². The molecule has 0 aliphatic rings. The van der Waals surface area contributed by atoms with E-state index in [1.165, 1.54) is 0 Å². The molecule has 0 amide bonds. The molecule has 0 aromatic heterocycles. The van der Waals surface area contributed by atoms with Crippen LogP contribution in [0, 0.1) is 0 Å². The second kappa shape index (κ2) is 11.1. The van der Waals surface area contributed by atoms with E-state index in [9.17, 15) is 0 Å². The van der Waals surface area contributed by atoms with Gasteiger partial charge in [-0.25, -0.2) is 0 Å². The van der Waals surface area contributed by atoms with Gasteiger partial charge >= 0.3 is 0 Å². The predicted octanol–water partition coefficient (Wildman–Crippen LogP) is 6.33. The van der Waals surface area contributed by atoms with Crippen LogP contribution in [0.2, 0.25) is 0 Å². The summed E-state index contributed by atoms with van der Waals surface area (Å²) in [7, 11) is -4.28. The molecule has 2 aromatic carbocycles. The van der Waals surface area contributed by atoms with Crippen LogP contribution in [0.25, 0.3) is 10.8 Å². The first-order valence-electron chi connectivity index (χ1n) is 13.4. The second-order valence-corrected chi connectivity index (χ2v) is 34.1. The van der Waals surface area contributed by atoms with Crippen LogP contribution >= 0.6 is 13.1 Å². The van der Waals surface area contributed by atoms with Crippen LogP contribution in [-0.4, -0.2) is 46.0 Å². The summed E-state index contributed by atoms with van der Waals surface area (Å²) < 4.78 is 13.3. The predicted molar refractivity (Wildman–Crippen MR) is 175 cm³/mol. The van der Waals surface area contributed by atoms with Crippen LogP contribution in [0.5, 0.6) is 11.5 Å². The Bertz CT molecular complexity index is 1220. The Morgan fingerprint density at radius 1 is 0.583 bits per heavy atom. The Labute approximate surface area is 220 Å². The maximum Gasteiger partial charge on any atom is 0.188 e. The molecule has 0 heterocycles. The zero-order valence-electron chi connectivity index (χ0n) is 24.0. The van der Waals surface area contributed by atoms with E-state index in [4.69, 9.17) is 31.1 Å². The smallest absolute Gasteiger partial charge is 0.188 e. The molecule has 0 bridgehead atoms. The van der Waals surface area contributed by atoms with Crippen molar-refractivity contribution in [1.82, 2.24) is 0 Å². The Balaban J connectivity index is 2.82. The molecule has 6 nitrogen and oxygen atoms in total.